The molecule has 2 rings (SSSR count). The van der Waals surface area contributed by atoms with Gasteiger partial charge in [-0.3, -0.25) is 4.79 Å². The zero-order chi connectivity index (χ0) is 11.1. The number of amides is 1. The van der Waals surface area contributed by atoms with Gasteiger partial charge in [-0.2, -0.15) is 0 Å². The summed E-state index contributed by atoms with van der Waals surface area (Å²) in [6, 6.07) is 0.499. The van der Waals surface area contributed by atoms with E-state index in [2.05, 4.69) is 6.92 Å². The van der Waals surface area contributed by atoms with Gasteiger partial charge < -0.3 is 10.6 Å². The Morgan fingerprint density at radius 2 is 2.00 bits per heavy atom. The van der Waals surface area contributed by atoms with Crippen LogP contribution in [0, 0.1) is 5.92 Å². The van der Waals surface area contributed by atoms with E-state index >= 15 is 0 Å². The monoisotopic (exact) mass is 210 g/mol. The lowest BCUT2D eigenvalue weighted by Crippen LogP contribution is -2.55. The third-order valence-electron chi connectivity index (χ3n) is 3.60. The average molecular weight is 210 g/mol. The number of hydrogen-bond donors (Lipinski definition) is 1. The summed E-state index contributed by atoms with van der Waals surface area (Å²) in [4.78, 5) is 14.3. The lowest BCUT2D eigenvalue weighted by molar-refractivity contribution is -0.137. The van der Waals surface area contributed by atoms with Gasteiger partial charge in [-0.05, 0) is 44.9 Å². The van der Waals surface area contributed by atoms with Crippen LogP contribution < -0.4 is 5.73 Å². The predicted molar refractivity (Wildman–Crippen MR) is 60.3 cm³/mol. The van der Waals surface area contributed by atoms with Crippen LogP contribution in [0.2, 0.25) is 0 Å². The molecule has 0 aromatic rings. The molecule has 0 spiro atoms. The Hall–Kier alpha value is -0.570. The highest BCUT2D eigenvalue weighted by Gasteiger charge is 2.48. The average Bonchev–Trinajstić information content (AvgIpc) is 3.06. The van der Waals surface area contributed by atoms with Gasteiger partial charge in [-0.15, -0.1) is 0 Å². The van der Waals surface area contributed by atoms with Crippen LogP contribution in [0.25, 0.3) is 0 Å². The van der Waals surface area contributed by atoms with Gasteiger partial charge in [0.15, 0.2) is 0 Å². The maximum atomic E-state index is 12.3. The van der Waals surface area contributed by atoms with E-state index in [9.17, 15) is 4.79 Å². The van der Waals surface area contributed by atoms with Crippen LogP contribution in [0.15, 0.2) is 0 Å². The summed E-state index contributed by atoms with van der Waals surface area (Å²) < 4.78 is 0. The highest BCUT2D eigenvalue weighted by atomic mass is 16.2. The molecule has 2 aliphatic rings. The molecule has 2 saturated carbocycles. The molecule has 15 heavy (non-hydrogen) atoms. The summed E-state index contributed by atoms with van der Waals surface area (Å²) in [7, 11) is 0. The highest BCUT2D eigenvalue weighted by Crippen LogP contribution is 2.40. The van der Waals surface area contributed by atoms with Crippen LogP contribution in [0.1, 0.15) is 46.0 Å². The zero-order valence-electron chi connectivity index (χ0n) is 9.83. The number of nitrogens with zero attached hydrogens (tertiary/aromatic N) is 1. The Morgan fingerprint density at radius 1 is 1.40 bits per heavy atom. The highest BCUT2D eigenvalue weighted by molar-refractivity contribution is 5.87. The fraction of sp³-hybridized carbons (Fsp3) is 0.917. The van der Waals surface area contributed by atoms with Crippen LogP contribution in [-0.2, 0) is 4.79 Å². The fourth-order valence-corrected chi connectivity index (χ4v) is 2.24. The van der Waals surface area contributed by atoms with Crippen LogP contribution in [0.5, 0.6) is 0 Å². The minimum Gasteiger partial charge on any atom is -0.338 e. The first-order valence-electron chi connectivity index (χ1n) is 6.17. The van der Waals surface area contributed by atoms with Gasteiger partial charge in [0, 0.05) is 12.6 Å². The predicted octanol–water partition coefficient (Wildman–Crippen LogP) is 1.51. The van der Waals surface area contributed by atoms with E-state index < -0.39 is 5.54 Å². The molecule has 2 N–H and O–H groups in total. The van der Waals surface area contributed by atoms with Crippen LogP contribution in [0.4, 0.5) is 0 Å². The van der Waals surface area contributed by atoms with Crippen molar-refractivity contribution in [2.24, 2.45) is 11.7 Å². The van der Waals surface area contributed by atoms with Crippen molar-refractivity contribution in [2.45, 2.75) is 57.5 Å². The maximum absolute atomic E-state index is 12.3. The molecule has 2 aliphatic carbocycles. The summed E-state index contributed by atoms with van der Waals surface area (Å²) in [6.45, 7) is 4.91. The maximum Gasteiger partial charge on any atom is 0.242 e. The van der Waals surface area contributed by atoms with Gasteiger partial charge >= 0.3 is 0 Å². The van der Waals surface area contributed by atoms with Gasteiger partial charge in [-0.25, -0.2) is 0 Å². The molecule has 1 unspecified atom stereocenters. The van der Waals surface area contributed by atoms with E-state index in [0.717, 1.165) is 25.8 Å². The minimum atomic E-state index is -0.599. The van der Waals surface area contributed by atoms with Crippen molar-refractivity contribution in [3.63, 3.8) is 0 Å². The Balaban J connectivity index is 2.02. The van der Waals surface area contributed by atoms with Crippen molar-refractivity contribution in [3.8, 4) is 0 Å². The van der Waals surface area contributed by atoms with E-state index in [0.29, 0.717) is 12.0 Å². The summed E-state index contributed by atoms with van der Waals surface area (Å²) in [5.74, 6) is 0.623. The Bertz CT molecular complexity index is 254. The number of carbonyl (C=O) groups excluding carboxylic acids is 1. The van der Waals surface area contributed by atoms with Crippen molar-refractivity contribution in [1.29, 1.82) is 0 Å². The van der Waals surface area contributed by atoms with Crippen LogP contribution in [-0.4, -0.2) is 28.9 Å². The Kier molecular flexibility index (Phi) is 2.75. The molecule has 3 heteroatoms. The van der Waals surface area contributed by atoms with Crippen molar-refractivity contribution in [1.82, 2.24) is 4.90 Å². The van der Waals surface area contributed by atoms with Crippen molar-refractivity contribution < 1.29 is 4.79 Å². The lowest BCUT2D eigenvalue weighted by atomic mass is 9.95. The standard InChI is InChI=1S/C12H22N2O/c1-3-8-14(10-6-7-10)11(15)12(2,13)9-4-5-9/h9-10H,3-8,13H2,1-2H3. The van der Waals surface area contributed by atoms with Gasteiger partial charge in [0.05, 0.1) is 5.54 Å². The first kappa shape index (κ1) is 10.9. The summed E-state index contributed by atoms with van der Waals surface area (Å²) in [6.07, 6.45) is 5.63. The zero-order valence-corrected chi connectivity index (χ0v) is 9.83. The van der Waals surface area contributed by atoms with Crippen molar-refractivity contribution in [2.75, 3.05) is 6.54 Å². The van der Waals surface area contributed by atoms with E-state index in [1.54, 1.807) is 0 Å². The number of nitrogens with two attached hydrogens (primary N) is 1. The molecular formula is C12H22N2O. The molecule has 0 saturated heterocycles. The number of hydrogen-bond acceptors (Lipinski definition) is 2. The molecule has 2 fully saturated rings. The molecule has 0 bridgehead atoms. The third-order valence-corrected chi connectivity index (χ3v) is 3.60. The molecule has 1 atom stereocenters. The van der Waals surface area contributed by atoms with E-state index in [-0.39, 0.29) is 5.91 Å². The molecule has 1 amide bonds. The fourth-order valence-electron chi connectivity index (χ4n) is 2.24. The molecule has 0 radical (unpaired) electrons. The van der Waals surface area contributed by atoms with Gasteiger partial charge in [0.1, 0.15) is 0 Å². The quantitative estimate of drug-likeness (QED) is 0.747. The minimum absolute atomic E-state index is 0.189. The van der Waals surface area contributed by atoms with Gasteiger partial charge in [-0.1, -0.05) is 6.92 Å². The topological polar surface area (TPSA) is 46.3 Å². The van der Waals surface area contributed by atoms with Crippen molar-refractivity contribution in [3.05, 3.63) is 0 Å². The molecular weight excluding hydrogens is 188 g/mol. The largest absolute Gasteiger partial charge is 0.338 e. The Labute approximate surface area is 92.0 Å². The summed E-state index contributed by atoms with van der Waals surface area (Å²) in [5.41, 5.74) is 5.57. The summed E-state index contributed by atoms with van der Waals surface area (Å²) in [5, 5.41) is 0. The molecule has 0 aromatic carbocycles. The molecule has 3 nitrogen and oxygen atoms in total. The smallest absolute Gasteiger partial charge is 0.242 e. The lowest BCUT2D eigenvalue weighted by Gasteiger charge is -2.32. The normalized spacial score (nSPS) is 24.7. The van der Waals surface area contributed by atoms with Gasteiger partial charge in [0.25, 0.3) is 0 Å². The second-order valence-corrected chi connectivity index (χ2v) is 5.29. The number of rotatable bonds is 5. The molecule has 0 heterocycles. The van der Waals surface area contributed by atoms with E-state index in [1.165, 1.54) is 12.8 Å². The molecule has 86 valence electrons. The second kappa shape index (κ2) is 3.78. The summed E-state index contributed by atoms with van der Waals surface area (Å²) >= 11 is 0. The van der Waals surface area contributed by atoms with E-state index in [1.807, 2.05) is 11.8 Å². The molecule has 0 aromatic heterocycles. The first-order chi connectivity index (χ1) is 7.07. The second-order valence-electron chi connectivity index (χ2n) is 5.29. The van der Waals surface area contributed by atoms with E-state index in [4.69, 9.17) is 5.73 Å². The van der Waals surface area contributed by atoms with Crippen LogP contribution >= 0.6 is 0 Å². The SMILES string of the molecule is CCCN(C(=O)C(C)(N)C1CC1)C1CC1. The van der Waals surface area contributed by atoms with Crippen LogP contribution in [0.3, 0.4) is 0 Å². The third kappa shape index (κ3) is 2.17. The first-order valence-corrected chi connectivity index (χ1v) is 6.17. The van der Waals surface area contributed by atoms with Gasteiger partial charge in [0.2, 0.25) is 5.91 Å². The number of carbonyl (C=O) groups is 1. The molecule has 0 aliphatic heterocycles. The Morgan fingerprint density at radius 3 is 2.40 bits per heavy atom. The van der Waals surface area contributed by atoms with Crippen molar-refractivity contribution >= 4 is 5.91 Å².